The summed E-state index contributed by atoms with van der Waals surface area (Å²) in [6.07, 6.45) is -4.38. The first-order valence-electron chi connectivity index (χ1n) is 5.52. The summed E-state index contributed by atoms with van der Waals surface area (Å²) in [5, 5.41) is 48.4. The van der Waals surface area contributed by atoms with Gasteiger partial charge < -0.3 is 25.5 Å². The van der Waals surface area contributed by atoms with Crippen molar-refractivity contribution in [3.63, 3.8) is 0 Å². The van der Waals surface area contributed by atoms with Gasteiger partial charge in [-0.3, -0.25) is 10.1 Å². The molecule has 1 fully saturated rings. The molecule has 0 radical (unpaired) electrons. The van der Waals surface area contributed by atoms with Gasteiger partial charge in [0, 0.05) is 4.75 Å². The van der Waals surface area contributed by atoms with Crippen molar-refractivity contribution in [1.82, 2.24) is 5.32 Å². The predicted octanol–water partition coefficient (Wildman–Crippen LogP) is -2.04. The summed E-state index contributed by atoms with van der Waals surface area (Å²) in [5.74, 6) is -1.04. The normalized spacial score (nSPS) is 31.9. The molecule has 0 amide bonds. The molecule has 7 nitrogen and oxygen atoms in total. The number of carboxylic acid groups (broad SMARTS) is 1. The molecule has 8 heteroatoms. The Morgan fingerprint density at radius 3 is 2.33 bits per heavy atom. The number of carboxylic acids is 1. The first-order valence-corrected chi connectivity index (χ1v) is 6.40. The van der Waals surface area contributed by atoms with Gasteiger partial charge >= 0.3 is 5.97 Å². The van der Waals surface area contributed by atoms with Crippen molar-refractivity contribution < 1.29 is 30.3 Å². The number of carbonyl (C=O) groups is 1. The fourth-order valence-corrected chi connectivity index (χ4v) is 3.31. The minimum atomic E-state index is -1.54. The highest BCUT2D eigenvalue weighted by atomic mass is 32.2. The van der Waals surface area contributed by atoms with Gasteiger partial charge in [-0.2, -0.15) is 0 Å². The molecular weight excluding hydrogens is 262 g/mol. The van der Waals surface area contributed by atoms with E-state index in [0.29, 0.717) is 0 Å². The molecule has 1 unspecified atom stereocenters. The molecule has 0 aromatic carbocycles. The van der Waals surface area contributed by atoms with Crippen molar-refractivity contribution >= 4 is 17.7 Å². The minimum absolute atomic E-state index is 0.651. The van der Waals surface area contributed by atoms with Gasteiger partial charge in [0.15, 0.2) is 0 Å². The van der Waals surface area contributed by atoms with Crippen LogP contribution in [0.2, 0.25) is 0 Å². The van der Waals surface area contributed by atoms with Gasteiger partial charge in [-0.05, 0) is 13.8 Å². The molecule has 0 aromatic rings. The van der Waals surface area contributed by atoms with E-state index in [0.717, 1.165) is 0 Å². The Labute approximate surface area is 109 Å². The number of hydrogen-bond acceptors (Lipinski definition) is 7. The van der Waals surface area contributed by atoms with Gasteiger partial charge in [0.25, 0.3) is 0 Å². The summed E-state index contributed by atoms with van der Waals surface area (Å²) in [5.41, 5.74) is 0. The van der Waals surface area contributed by atoms with Gasteiger partial charge in [0.1, 0.15) is 24.4 Å². The highest BCUT2D eigenvalue weighted by molar-refractivity contribution is 8.01. The molecule has 0 spiro atoms. The van der Waals surface area contributed by atoms with Crippen LogP contribution in [-0.2, 0) is 4.79 Å². The van der Waals surface area contributed by atoms with Crippen LogP contribution in [0.4, 0.5) is 0 Å². The van der Waals surface area contributed by atoms with Crippen LogP contribution in [0.5, 0.6) is 0 Å². The summed E-state index contributed by atoms with van der Waals surface area (Å²) in [7, 11) is 0. The van der Waals surface area contributed by atoms with E-state index in [9.17, 15) is 20.1 Å². The van der Waals surface area contributed by atoms with Crippen LogP contribution in [0.15, 0.2) is 0 Å². The van der Waals surface area contributed by atoms with E-state index in [1.807, 2.05) is 0 Å². The average molecular weight is 281 g/mol. The van der Waals surface area contributed by atoms with Crippen molar-refractivity contribution in [3.05, 3.63) is 0 Å². The van der Waals surface area contributed by atoms with Crippen LogP contribution in [0.3, 0.4) is 0 Å². The van der Waals surface area contributed by atoms with E-state index >= 15 is 0 Å². The summed E-state index contributed by atoms with van der Waals surface area (Å²) in [4.78, 5) is 11.0. The van der Waals surface area contributed by atoms with Gasteiger partial charge in [-0.25, -0.2) is 0 Å². The second-order valence-corrected chi connectivity index (χ2v) is 6.61. The minimum Gasteiger partial charge on any atom is -0.480 e. The first-order chi connectivity index (χ1) is 8.20. The number of nitrogens with one attached hydrogen (secondary N) is 1. The largest absolute Gasteiger partial charge is 0.480 e. The number of thioether (sulfide) groups is 1. The summed E-state index contributed by atoms with van der Waals surface area (Å²) in [6.45, 7) is 2.75. The van der Waals surface area contributed by atoms with Crippen molar-refractivity contribution in [2.24, 2.45) is 0 Å². The maximum Gasteiger partial charge on any atom is 0.322 e. The second-order valence-electron chi connectivity index (χ2n) is 4.81. The Balaban J connectivity index is 2.73. The zero-order chi connectivity index (χ0) is 14.1. The molecule has 6 N–H and O–H groups in total. The van der Waals surface area contributed by atoms with Gasteiger partial charge in [0.2, 0.25) is 0 Å². The molecule has 0 bridgehead atoms. The molecule has 1 heterocycles. The monoisotopic (exact) mass is 281 g/mol. The van der Waals surface area contributed by atoms with E-state index in [1.54, 1.807) is 13.8 Å². The van der Waals surface area contributed by atoms with E-state index in [4.69, 9.17) is 10.2 Å². The Morgan fingerprint density at radius 1 is 1.39 bits per heavy atom. The highest BCUT2D eigenvalue weighted by Gasteiger charge is 2.48. The molecule has 1 aliphatic rings. The fraction of sp³-hybridized carbons (Fsp3) is 0.900. The Bertz CT molecular complexity index is 313. The standard InChI is InChI=1S/C10H19NO6S/c1-10(2)7(9(16)17)11-8(18-10)6(15)5(14)4(13)3-12/h4-8,11-15H,3H2,1-2H3,(H,16,17)/t4-,5-,6+,7-,8?/m1/s1. The summed E-state index contributed by atoms with van der Waals surface area (Å²) < 4.78 is -0.651. The van der Waals surface area contributed by atoms with Gasteiger partial charge in [-0.15, -0.1) is 11.8 Å². The van der Waals surface area contributed by atoms with E-state index < -0.39 is 47.1 Å². The Morgan fingerprint density at radius 2 is 1.94 bits per heavy atom. The third-order valence-electron chi connectivity index (χ3n) is 2.95. The molecule has 5 atom stereocenters. The maximum atomic E-state index is 11.0. The lowest BCUT2D eigenvalue weighted by atomic mass is 10.0. The molecule has 1 aliphatic heterocycles. The Kier molecular flexibility index (Phi) is 4.98. The molecule has 0 aliphatic carbocycles. The number of aliphatic carboxylic acids is 1. The Hall–Kier alpha value is -0.380. The van der Waals surface area contributed by atoms with E-state index in [1.165, 1.54) is 11.8 Å². The lowest BCUT2D eigenvalue weighted by molar-refractivity contribution is -0.140. The van der Waals surface area contributed by atoms with Crippen LogP contribution in [0.25, 0.3) is 0 Å². The number of hydrogen-bond donors (Lipinski definition) is 6. The smallest absolute Gasteiger partial charge is 0.322 e. The van der Waals surface area contributed by atoms with Crippen LogP contribution < -0.4 is 5.32 Å². The highest BCUT2D eigenvalue weighted by Crippen LogP contribution is 2.39. The number of rotatable bonds is 5. The molecule has 1 rings (SSSR count). The predicted molar refractivity (Wildman–Crippen MR) is 65.1 cm³/mol. The maximum absolute atomic E-state index is 11.0. The van der Waals surface area contributed by atoms with Crippen molar-refractivity contribution in [3.8, 4) is 0 Å². The number of aliphatic hydroxyl groups is 4. The zero-order valence-corrected chi connectivity index (χ0v) is 11.0. The second kappa shape index (κ2) is 5.72. The molecule has 106 valence electrons. The molecule has 1 saturated heterocycles. The topological polar surface area (TPSA) is 130 Å². The zero-order valence-electron chi connectivity index (χ0n) is 10.1. The summed E-state index contributed by atoms with van der Waals surface area (Å²) >= 11 is 1.17. The van der Waals surface area contributed by atoms with Crippen molar-refractivity contribution in [2.45, 2.75) is 48.3 Å². The van der Waals surface area contributed by atoms with Crippen LogP contribution in [-0.4, -0.2) is 72.6 Å². The summed E-state index contributed by atoms with van der Waals surface area (Å²) in [6, 6.07) is -0.861. The average Bonchev–Trinajstić information content (AvgIpc) is 2.62. The van der Waals surface area contributed by atoms with Gasteiger partial charge in [0.05, 0.1) is 12.0 Å². The van der Waals surface area contributed by atoms with Gasteiger partial charge in [-0.1, -0.05) is 0 Å². The van der Waals surface area contributed by atoms with Crippen molar-refractivity contribution in [2.75, 3.05) is 6.61 Å². The molecule has 0 saturated carbocycles. The molecular formula is C10H19NO6S. The van der Waals surface area contributed by atoms with Crippen LogP contribution in [0, 0.1) is 0 Å². The third kappa shape index (κ3) is 3.14. The lowest BCUT2D eigenvalue weighted by Crippen LogP contribution is -2.51. The van der Waals surface area contributed by atoms with E-state index in [-0.39, 0.29) is 0 Å². The first kappa shape index (κ1) is 15.7. The van der Waals surface area contributed by atoms with Crippen molar-refractivity contribution in [1.29, 1.82) is 0 Å². The fourth-order valence-electron chi connectivity index (χ4n) is 1.85. The third-order valence-corrected chi connectivity index (χ3v) is 4.46. The van der Waals surface area contributed by atoms with Crippen LogP contribution in [0.1, 0.15) is 13.8 Å². The molecule has 0 aromatic heterocycles. The SMILES string of the molecule is CC1(C)SC([C@@H](O)[C@H](O)[C@H](O)CO)N[C@@H]1C(=O)O. The van der Waals surface area contributed by atoms with Crippen LogP contribution >= 0.6 is 11.8 Å². The lowest BCUT2D eigenvalue weighted by Gasteiger charge is -2.26. The number of aliphatic hydroxyl groups excluding tert-OH is 4. The molecule has 18 heavy (non-hydrogen) atoms. The quantitative estimate of drug-likeness (QED) is 0.340. The van der Waals surface area contributed by atoms with E-state index in [2.05, 4.69) is 5.32 Å².